The SMILES string of the molecule is Cc1nc2ccnn2cc1C(=O)O. The predicted molar refractivity (Wildman–Crippen MR) is 44.7 cm³/mol. The van der Waals surface area contributed by atoms with Crippen LogP contribution in [0, 0.1) is 6.92 Å². The normalized spacial score (nSPS) is 10.5. The molecule has 2 rings (SSSR count). The largest absolute Gasteiger partial charge is 0.478 e. The van der Waals surface area contributed by atoms with Gasteiger partial charge in [-0.05, 0) is 6.92 Å². The molecule has 0 saturated heterocycles. The number of aromatic nitrogens is 3. The highest BCUT2D eigenvalue weighted by molar-refractivity contribution is 5.88. The number of carboxylic acid groups (broad SMARTS) is 1. The highest BCUT2D eigenvalue weighted by Crippen LogP contribution is 2.07. The number of aromatic carboxylic acids is 1. The summed E-state index contributed by atoms with van der Waals surface area (Å²) in [5.41, 5.74) is 1.33. The molecule has 0 amide bonds. The molecular weight excluding hydrogens is 170 g/mol. The molecule has 1 N–H and O–H groups in total. The van der Waals surface area contributed by atoms with Gasteiger partial charge >= 0.3 is 5.97 Å². The molecule has 5 nitrogen and oxygen atoms in total. The Morgan fingerprint density at radius 1 is 1.62 bits per heavy atom. The lowest BCUT2D eigenvalue weighted by Crippen LogP contribution is -2.05. The fraction of sp³-hybridized carbons (Fsp3) is 0.125. The van der Waals surface area contributed by atoms with Crippen molar-refractivity contribution < 1.29 is 9.90 Å². The first kappa shape index (κ1) is 7.72. The minimum Gasteiger partial charge on any atom is -0.478 e. The molecule has 0 aliphatic carbocycles. The van der Waals surface area contributed by atoms with E-state index in [1.807, 2.05) is 0 Å². The van der Waals surface area contributed by atoms with Crippen LogP contribution in [0.5, 0.6) is 0 Å². The number of nitrogens with zero attached hydrogens (tertiary/aromatic N) is 3. The van der Waals surface area contributed by atoms with Crippen molar-refractivity contribution in [1.82, 2.24) is 14.6 Å². The van der Waals surface area contributed by atoms with E-state index in [1.165, 1.54) is 10.7 Å². The van der Waals surface area contributed by atoms with Gasteiger partial charge in [0, 0.05) is 12.3 Å². The maximum atomic E-state index is 10.7. The molecule has 0 spiro atoms. The van der Waals surface area contributed by atoms with Crippen LogP contribution in [0.4, 0.5) is 0 Å². The zero-order chi connectivity index (χ0) is 9.42. The van der Waals surface area contributed by atoms with E-state index in [2.05, 4.69) is 10.1 Å². The third kappa shape index (κ3) is 1.14. The maximum Gasteiger partial charge on any atom is 0.339 e. The van der Waals surface area contributed by atoms with Gasteiger partial charge in [0.25, 0.3) is 0 Å². The molecule has 0 fully saturated rings. The van der Waals surface area contributed by atoms with Crippen LogP contribution < -0.4 is 0 Å². The van der Waals surface area contributed by atoms with Gasteiger partial charge in [-0.1, -0.05) is 0 Å². The molecule has 0 bridgehead atoms. The molecule has 0 aromatic carbocycles. The number of carboxylic acids is 1. The zero-order valence-electron chi connectivity index (χ0n) is 6.93. The van der Waals surface area contributed by atoms with Crippen molar-refractivity contribution in [1.29, 1.82) is 0 Å². The van der Waals surface area contributed by atoms with Crippen molar-refractivity contribution in [2.24, 2.45) is 0 Å². The Labute approximate surface area is 73.6 Å². The number of carbonyl (C=O) groups is 1. The fourth-order valence-corrected chi connectivity index (χ4v) is 1.15. The molecule has 0 saturated carbocycles. The van der Waals surface area contributed by atoms with Crippen molar-refractivity contribution >= 4 is 11.6 Å². The second-order valence-electron chi connectivity index (χ2n) is 2.68. The summed E-state index contributed by atoms with van der Waals surface area (Å²) in [5.74, 6) is -0.984. The van der Waals surface area contributed by atoms with Crippen LogP contribution in [0.3, 0.4) is 0 Å². The topological polar surface area (TPSA) is 67.5 Å². The van der Waals surface area contributed by atoms with Gasteiger partial charge in [0.05, 0.1) is 17.5 Å². The lowest BCUT2D eigenvalue weighted by Gasteiger charge is -1.99. The Bertz CT molecular complexity index is 475. The quantitative estimate of drug-likeness (QED) is 0.697. The number of aryl methyl sites for hydroxylation is 1. The molecule has 2 aromatic rings. The molecule has 2 heterocycles. The van der Waals surface area contributed by atoms with Crippen LogP contribution in [0.25, 0.3) is 5.65 Å². The molecule has 66 valence electrons. The lowest BCUT2D eigenvalue weighted by molar-refractivity contribution is 0.0695. The van der Waals surface area contributed by atoms with Gasteiger partial charge in [0.15, 0.2) is 5.65 Å². The Morgan fingerprint density at radius 3 is 3.08 bits per heavy atom. The van der Waals surface area contributed by atoms with Crippen molar-refractivity contribution in [2.45, 2.75) is 6.92 Å². The average molecular weight is 177 g/mol. The van der Waals surface area contributed by atoms with Gasteiger partial charge in [-0.3, -0.25) is 0 Å². The summed E-state index contributed by atoms with van der Waals surface area (Å²) < 4.78 is 1.44. The van der Waals surface area contributed by atoms with Crippen LogP contribution >= 0.6 is 0 Å². The molecule has 0 aliphatic rings. The Hall–Kier alpha value is -1.91. The van der Waals surface area contributed by atoms with Crippen LogP contribution in [-0.2, 0) is 0 Å². The fourth-order valence-electron chi connectivity index (χ4n) is 1.15. The highest BCUT2D eigenvalue weighted by Gasteiger charge is 2.09. The van der Waals surface area contributed by atoms with Gasteiger partial charge in [0.2, 0.25) is 0 Å². The van der Waals surface area contributed by atoms with Gasteiger partial charge in [-0.25, -0.2) is 14.3 Å². The zero-order valence-corrected chi connectivity index (χ0v) is 6.93. The molecule has 0 aliphatic heterocycles. The number of hydrogen-bond donors (Lipinski definition) is 1. The lowest BCUT2D eigenvalue weighted by atomic mass is 10.2. The van der Waals surface area contributed by atoms with Crippen LogP contribution in [0.2, 0.25) is 0 Å². The Balaban J connectivity index is 2.76. The van der Waals surface area contributed by atoms with Crippen LogP contribution in [0.15, 0.2) is 18.5 Å². The molecule has 5 heteroatoms. The minimum atomic E-state index is -0.984. The van der Waals surface area contributed by atoms with E-state index >= 15 is 0 Å². The minimum absolute atomic E-state index is 0.177. The van der Waals surface area contributed by atoms with Gasteiger partial charge in [-0.2, -0.15) is 5.10 Å². The van der Waals surface area contributed by atoms with E-state index in [0.717, 1.165) is 0 Å². The molecule has 0 unspecified atom stereocenters. The molecule has 2 aromatic heterocycles. The standard InChI is InChI=1S/C8H7N3O2/c1-5-6(8(12)13)4-11-7(10-5)2-3-9-11/h2-4H,1H3,(H,12,13). The van der Waals surface area contributed by atoms with Crippen LogP contribution in [-0.4, -0.2) is 25.7 Å². The summed E-state index contributed by atoms with van der Waals surface area (Å²) in [6.07, 6.45) is 3.04. The first-order chi connectivity index (χ1) is 6.18. The van der Waals surface area contributed by atoms with E-state index in [-0.39, 0.29) is 5.56 Å². The average Bonchev–Trinajstić information content (AvgIpc) is 2.48. The summed E-state index contributed by atoms with van der Waals surface area (Å²) in [6, 6.07) is 1.72. The van der Waals surface area contributed by atoms with E-state index < -0.39 is 5.97 Å². The smallest absolute Gasteiger partial charge is 0.339 e. The Morgan fingerprint density at radius 2 is 2.38 bits per heavy atom. The molecular formula is C8H7N3O2. The number of rotatable bonds is 1. The summed E-state index contributed by atoms with van der Waals surface area (Å²) in [7, 11) is 0. The Kier molecular flexibility index (Phi) is 1.51. The second-order valence-corrected chi connectivity index (χ2v) is 2.68. The highest BCUT2D eigenvalue weighted by atomic mass is 16.4. The number of fused-ring (bicyclic) bond motifs is 1. The van der Waals surface area contributed by atoms with E-state index in [1.54, 1.807) is 19.2 Å². The summed E-state index contributed by atoms with van der Waals surface area (Å²) in [5, 5.41) is 12.7. The van der Waals surface area contributed by atoms with Crippen molar-refractivity contribution in [3.05, 3.63) is 29.7 Å². The van der Waals surface area contributed by atoms with Gasteiger partial charge in [0.1, 0.15) is 0 Å². The van der Waals surface area contributed by atoms with Crippen LogP contribution in [0.1, 0.15) is 16.1 Å². The van der Waals surface area contributed by atoms with E-state index in [4.69, 9.17) is 5.11 Å². The maximum absolute atomic E-state index is 10.7. The van der Waals surface area contributed by atoms with Crippen molar-refractivity contribution in [3.8, 4) is 0 Å². The van der Waals surface area contributed by atoms with E-state index in [0.29, 0.717) is 11.3 Å². The van der Waals surface area contributed by atoms with Gasteiger partial charge in [-0.15, -0.1) is 0 Å². The predicted octanol–water partition coefficient (Wildman–Crippen LogP) is 0.736. The van der Waals surface area contributed by atoms with Crippen molar-refractivity contribution in [3.63, 3.8) is 0 Å². The summed E-state index contributed by atoms with van der Waals surface area (Å²) in [4.78, 5) is 14.8. The van der Waals surface area contributed by atoms with E-state index in [9.17, 15) is 4.79 Å². The number of hydrogen-bond acceptors (Lipinski definition) is 3. The summed E-state index contributed by atoms with van der Waals surface area (Å²) >= 11 is 0. The van der Waals surface area contributed by atoms with Gasteiger partial charge < -0.3 is 5.11 Å². The third-order valence-corrected chi connectivity index (χ3v) is 1.80. The monoisotopic (exact) mass is 177 g/mol. The summed E-state index contributed by atoms with van der Waals surface area (Å²) in [6.45, 7) is 1.66. The molecule has 0 atom stereocenters. The third-order valence-electron chi connectivity index (χ3n) is 1.80. The first-order valence-corrected chi connectivity index (χ1v) is 3.73. The molecule has 0 radical (unpaired) electrons. The first-order valence-electron chi connectivity index (χ1n) is 3.73. The molecule has 13 heavy (non-hydrogen) atoms. The van der Waals surface area contributed by atoms with Crippen molar-refractivity contribution in [2.75, 3.05) is 0 Å². The second kappa shape index (κ2) is 2.55.